The molecule has 1 spiro atoms. The third kappa shape index (κ3) is 5.39. The Kier molecular flexibility index (Phi) is 8.62. The van der Waals surface area contributed by atoms with Gasteiger partial charge in [-0.2, -0.15) is 0 Å². The fourth-order valence-corrected chi connectivity index (χ4v) is 14.0. The lowest BCUT2D eigenvalue weighted by Crippen LogP contribution is -2.33. The first-order valence-corrected chi connectivity index (χ1v) is 25.8. The number of aromatic nitrogens is 1. The summed E-state index contributed by atoms with van der Waals surface area (Å²) >= 11 is 0. The van der Waals surface area contributed by atoms with Crippen LogP contribution in [0.1, 0.15) is 44.5 Å². The maximum atomic E-state index is 2.53. The van der Waals surface area contributed by atoms with E-state index in [9.17, 15) is 0 Å². The summed E-state index contributed by atoms with van der Waals surface area (Å²) in [6.45, 7) is 0. The van der Waals surface area contributed by atoms with Gasteiger partial charge in [0, 0.05) is 27.8 Å². The molecule has 1 atom stereocenters. The Morgan fingerprint density at radius 2 is 0.770 bits per heavy atom. The topological polar surface area (TPSA) is 8.17 Å². The maximum Gasteiger partial charge on any atom is 0.0755 e. The zero-order chi connectivity index (χ0) is 48.5. The minimum absolute atomic E-state index is 0.499. The summed E-state index contributed by atoms with van der Waals surface area (Å²) in [7, 11) is 0. The first-order chi connectivity index (χ1) is 36.7. The molecule has 2 heterocycles. The van der Waals surface area contributed by atoms with Crippen LogP contribution in [0, 0.1) is 0 Å². The van der Waals surface area contributed by atoms with E-state index in [-0.39, 0.29) is 0 Å². The lowest BCUT2D eigenvalue weighted by molar-refractivity contribution is 0.748. The first-order valence-electron chi connectivity index (χ1n) is 25.8. The van der Waals surface area contributed by atoms with Crippen LogP contribution in [0.25, 0.3) is 71.6 Å². The van der Waals surface area contributed by atoms with Crippen molar-refractivity contribution in [1.29, 1.82) is 0 Å². The van der Waals surface area contributed by atoms with Gasteiger partial charge in [-0.15, -0.1) is 0 Å². The van der Waals surface area contributed by atoms with E-state index in [4.69, 9.17) is 0 Å². The summed E-state index contributed by atoms with van der Waals surface area (Å²) in [5.41, 5.74) is 23.8. The first kappa shape index (κ1) is 41.2. The Hall–Kier alpha value is -9.50. The molecular weight excluding hydrogens is 893 g/mol. The molecule has 0 saturated carbocycles. The minimum Gasteiger partial charge on any atom is -0.310 e. The molecule has 344 valence electrons. The third-order valence-corrected chi connectivity index (χ3v) is 16.9. The van der Waals surface area contributed by atoms with Gasteiger partial charge in [-0.1, -0.05) is 231 Å². The van der Waals surface area contributed by atoms with Crippen molar-refractivity contribution in [2.24, 2.45) is 0 Å². The zero-order valence-electron chi connectivity index (χ0n) is 40.5. The number of benzene rings is 12. The van der Waals surface area contributed by atoms with Crippen molar-refractivity contribution in [2.45, 2.75) is 10.8 Å². The van der Waals surface area contributed by atoms with Crippen molar-refractivity contribution >= 4 is 49.6 Å². The Balaban J connectivity index is 0.933. The number of nitrogens with zero attached hydrogens (tertiary/aromatic N) is 2. The second kappa shape index (κ2) is 15.5. The van der Waals surface area contributed by atoms with Gasteiger partial charge in [0.15, 0.2) is 0 Å². The highest BCUT2D eigenvalue weighted by molar-refractivity contribution is 6.13. The molecule has 0 N–H and O–H groups in total. The third-order valence-electron chi connectivity index (χ3n) is 16.9. The Morgan fingerprint density at radius 1 is 0.284 bits per heavy atom. The molecule has 2 nitrogen and oxygen atoms in total. The summed E-state index contributed by atoms with van der Waals surface area (Å²) < 4.78 is 2.53. The van der Waals surface area contributed by atoms with Gasteiger partial charge in [-0.05, 0) is 137 Å². The van der Waals surface area contributed by atoms with Crippen molar-refractivity contribution in [1.82, 2.24) is 4.57 Å². The number of fused-ring (bicyclic) bond motifs is 16. The van der Waals surface area contributed by atoms with Crippen LogP contribution >= 0.6 is 0 Å². The molecule has 1 aromatic heterocycles. The quantitative estimate of drug-likeness (QED) is 0.161. The highest BCUT2D eigenvalue weighted by Crippen LogP contribution is 2.62. The number of hydrogen-bond acceptors (Lipinski definition) is 1. The van der Waals surface area contributed by atoms with Crippen molar-refractivity contribution in [3.8, 4) is 39.1 Å². The summed E-state index contributed by atoms with van der Waals surface area (Å²) in [4.78, 5) is 2.48. The van der Waals surface area contributed by atoms with Gasteiger partial charge in [0.05, 0.1) is 27.6 Å². The standard InChI is InChI=1S/C72H46N2/c1-2-20-49(21-3-1)71(62-29-10-6-23-56(62)57-24-7-11-30-63(57)71)50-38-42-52(43-39-50)73(51-40-36-48(37-41-51)55-27-16-19-47-18-4-5-22-54(47)55)53-44-45-59-58-25-8-12-31-64(58)72(67(59)46-53)65-32-13-15-35-69(65)74-68-34-14-9-26-60(68)61-28-17-33-66(72)70(61)74/h1-46H. The van der Waals surface area contributed by atoms with Crippen molar-refractivity contribution in [3.63, 3.8) is 0 Å². The molecule has 0 amide bonds. The van der Waals surface area contributed by atoms with Crippen LogP contribution in [0.3, 0.4) is 0 Å². The fourth-order valence-electron chi connectivity index (χ4n) is 14.0. The average molecular weight is 939 g/mol. The number of hydrogen-bond donors (Lipinski definition) is 0. The molecule has 2 heteroatoms. The molecule has 1 aliphatic heterocycles. The average Bonchev–Trinajstić information content (AvgIpc) is 4.11. The highest BCUT2D eigenvalue weighted by atomic mass is 15.1. The molecule has 1 unspecified atom stereocenters. The SMILES string of the molecule is c1ccc(C2(c3ccc(N(c4ccc(-c5cccc6ccccc56)cc4)c4ccc5c(c4)C4(c6ccccc6-5)c5ccccc5-n5c6ccccc6c6cccc4c65)cc3)c3ccccc3-c3ccccc32)cc1. The zero-order valence-corrected chi connectivity index (χ0v) is 40.5. The largest absolute Gasteiger partial charge is 0.310 e. The van der Waals surface area contributed by atoms with Crippen LogP contribution < -0.4 is 4.90 Å². The predicted molar refractivity (Wildman–Crippen MR) is 307 cm³/mol. The van der Waals surface area contributed by atoms with Gasteiger partial charge in [-0.25, -0.2) is 0 Å². The molecule has 0 bridgehead atoms. The molecule has 3 aliphatic rings. The van der Waals surface area contributed by atoms with E-state index >= 15 is 0 Å². The number of anilines is 3. The van der Waals surface area contributed by atoms with Gasteiger partial charge in [0.2, 0.25) is 0 Å². The molecule has 12 aromatic carbocycles. The van der Waals surface area contributed by atoms with Gasteiger partial charge < -0.3 is 9.47 Å². The highest BCUT2D eigenvalue weighted by Gasteiger charge is 2.51. The lowest BCUT2D eigenvalue weighted by Gasteiger charge is -2.40. The fraction of sp³-hybridized carbons (Fsp3) is 0.0278. The lowest BCUT2D eigenvalue weighted by atomic mass is 9.65. The Labute approximate surface area is 430 Å². The van der Waals surface area contributed by atoms with Crippen molar-refractivity contribution in [2.75, 3.05) is 4.90 Å². The monoisotopic (exact) mass is 938 g/mol. The van der Waals surface area contributed by atoms with Crippen molar-refractivity contribution in [3.05, 3.63) is 324 Å². The molecule has 74 heavy (non-hydrogen) atoms. The van der Waals surface area contributed by atoms with Gasteiger partial charge in [0.1, 0.15) is 0 Å². The Bertz CT molecular complexity index is 4380. The molecule has 2 aliphatic carbocycles. The van der Waals surface area contributed by atoms with Gasteiger partial charge in [0.25, 0.3) is 0 Å². The second-order valence-corrected chi connectivity index (χ2v) is 20.3. The summed E-state index contributed by atoms with van der Waals surface area (Å²) in [5.74, 6) is 0. The molecule has 0 fully saturated rings. The number of rotatable bonds is 6. The van der Waals surface area contributed by atoms with E-state index < -0.39 is 10.8 Å². The normalized spacial score (nSPS) is 15.2. The summed E-state index contributed by atoms with van der Waals surface area (Å²) in [6, 6.07) is 105. The smallest absolute Gasteiger partial charge is 0.0755 e. The number of para-hydroxylation sites is 3. The summed E-state index contributed by atoms with van der Waals surface area (Å²) in [5, 5.41) is 5.05. The van der Waals surface area contributed by atoms with Gasteiger partial charge >= 0.3 is 0 Å². The van der Waals surface area contributed by atoms with E-state index in [0.717, 1.165) is 17.1 Å². The second-order valence-electron chi connectivity index (χ2n) is 20.3. The van der Waals surface area contributed by atoms with E-state index in [1.54, 1.807) is 0 Å². The van der Waals surface area contributed by atoms with Gasteiger partial charge in [-0.3, -0.25) is 0 Å². The molecule has 13 aromatic rings. The molecule has 0 radical (unpaired) electrons. The minimum atomic E-state index is -0.582. The van der Waals surface area contributed by atoms with Crippen LogP contribution in [0.4, 0.5) is 17.1 Å². The van der Waals surface area contributed by atoms with Crippen LogP contribution in [0.5, 0.6) is 0 Å². The molecule has 16 rings (SSSR count). The van der Waals surface area contributed by atoms with E-state index in [0.29, 0.717) is 0 Å². The van der Waals surface area contributed by atoms with Crippen LogP contribution in [-0.2, 0) is 10.8 Å². The van der Waals surface area contributed by atoms with E-state index in [1.165, 1.54) is 116 Å². The van der Waals surface area contributed by atoms with Crippen molar-refractivity contribution < 1.29 is 0 Å². The molecule has 0 saturated heterocycles. The van der Waals surface area contributed by atoms with Crippen LogP contribution in [-0.4, -0.2) is 4.57 Å². The van der Waals surface area contributed by atoms with E-state index in [1.807, 2.05) is 0 Å². The van der Waals surface area contributed by atoms with E-state index in [2.05, 4.69) is 289 Å². The maximum absolute atomic E-state index is 2.53. The molecular formula is C72H46N2. The van der Waals surface area contributed by atoms with Crippen LogP contribution in [0.15, 0.2) is 279 Å². The van der Waals surface area contributed by atoms with Crippen LogP contribution in [0.2, 0.25) is 0 Å². The predicted octanol–water partition coefficient (Wildman–Crippen LogP) is 18.1. The summed E-state index contributed by atoms with van der Waals surface area (Å²) in [6.07, 6.45) is 0. The Morgan fingerprint density at radius 3 is 1.50 bits per heavy atom.